The molecule has 0 radical (unpaired) electrons. The first-order chi connectivity index (χ1) is 32.2. The Hall–Kier alpha value is -7.91. The second-order valence-corrected chi connectivity index (χ2v) is 19.1. The maximum atomic E-state index is 5.73. The molecule has 0 unspecified atom stereocenters. The quantitative estimate of drug-likeness (QED) is 0.162. The number of pyridine rings is 1. The Labute approximate surface area is 380 Å². The summed E-state index contributed by atoms with van der Waals surface area (Å²) in [4.78, 5) is 5.73. The van der Waals surface area contributed by atoms with Crippen LogP contribution in [0.3, 0.4) is 0 Å². The number of para-hydroxylation sites is 1. The predicted molar refractivity (Wildman–Crippen MR) is 273 cm³/mol. The molecule has 12 aromatic rings. The fraction of sp³-hybridized carbons (Fsp3) is 0.0317. The van der Waals surface area contributed by atoms with E-state index < -0.39 is 5.41 Å². The molecule has 2 heteroatoms. The Bertz CT molecular complexity index is 4010. The first-order valence-corrected chi connectivity index (χ1v) is 23.5. The molecule has 10 aromatic carbocycles. The Morgan fingerprint density at radius 1 is 0.354 bits per heavy atom. The summed E-state index contributed by atoms with van der Waals surface area (Å²) in [5, 5.41) is 6.18. The van der Waals surface area contributed by atoms with E-state index >= 15 is 0 Å². The largest absolute Gasteiger partial charge is 0.247 e. The standard InChI is InChI=1S/C63H37NS/c1-2-16-41-37(15-1)34-51-42(22-13-24-44(41)51)38-31-39(43-23-14-25-50-49-21-7-12-30-60(49)65-62(43)50)33-40(32-38)61-54-36-58-53(35-52(54)48-20-6-11-29-59(48)64-61)47-19-5-10-28-57(47)63(58)55-26-8-3-17-45(55)46-18-4-9-27-56(46)63/h1-33,35-36H,34H2. The van der Waals surface area contributed by atoms with Crippen LogP contribution in [0.2, 0.25) is 0 Å². The summed E-state index contributed by atoms with van der Waals surface area (Å²) in [6.45, 7) is 0. The Balaban J connectivity index is 1.05. The second kappa shape index (κ2) is 13.1. The van der Waals surface area contributed by atoms with Gasteiger partial charge in [0.15, 0.2) is 0 Å². The molecule has 0 amide bonds. The minimum absolute atomic E-state index is 0.459. The second-order valence-electron chi connectivity index (χ2n) is 18.1. The summed E-state index contributed by atoms with van der Waals surface area (Å²) in [5.41, 5.74) is 23.7. The third-order valence-electron chi connectivity index (χ3n) is 14.9. The van der Waals surface area contributed by atoms with Gasteiger partial charge in [0.1, 0.15) is 0 Å². The van der Waals surface area contributed by atoms with Crippen LogP contribution in [0.5, 0.6) is 0 Å². The van der Waals surface area contributed by atoms with E-state index in [4.69, 9.17) is 4.98 Å². The van der Waals surface area contributed by atoms with E-state index in [0.29, 0.717) is 0 Å². The van der Waals surface area contributed by atoms with Crippen LogP contribution in [0, 0.1) is 0 Å². The number of hydrogen-bond donors (Lipinski definition) is 0. The van der Waals surface area contributed by atoms with Gasteiger partial charge in [-0.25, -0.2) is 4.98 Å². The molecule has 0 atom stereocenters. The normalized spacial score (nSPS) is 13.6. The maximum Gasteiger partial charge on any atom is 0.0788 e. The highest BCUT2D eigenvalue weighted by Gasteiger charge is 2.51. The number of thiophene rings is 1. The van der Waals surface area contributed by atoms with Crippen LogP contribution in [0.15, 0.2) is 212 Å². The topological polar surface area (TPSA) is 12.9 Å². The molecule has 1 spiro atoms. The molecule has 0 N–H and O–H groups in total. The van der Waals surface area contributed by atoms with Crippen molar-refractivity contribution < 1.29 is 0 Å². The third-order valence-corrected chi connectivity index (χ3v) is 16.1. The monoisotopic (exact) mass is 839 g/mol. The van der Waals surface area contributed by atoms with E-state index in [1.807, 2.05) is 11.3 Å². The Kier molecular flexibility index (Phi) is 7.15. The predicted octanol–water partition coefficient (Wildman–Crippen LogP) is 16.7. The summed E-state index contributed by atoms with van der Waals surface area (Å²) >= 11 is 1.89. The van der Waals surface area contributed by atoms with Crippen molar-refractivity contribution in [3.05, 3.63) is 246 Å². The lowest BCUT2D eigenvalue weighted by Gasteiger charge is -2.30. The van der Waals surface area contributed by atoms with E-state index in [2.05, 4.69) is 212 Å². The zero-order chi connectivity index (χ0) is 42.4. The minimum atomic E-state index is -0.459. The van der Waals surface area contributed by atoms with E-state index in [-0.39, 0.29) is 0 Å². The third kappa shape index (κ3) is 4.74. The number of nitrogens with zero attached hydrogens (tertiary/aromatic N) is 1. The molecule has 300 valence electrons. The van der Waals surface area contributed by atoms with Gasteiger partial charge in [0, 0.05) is 36.5 Å². The van der Waals surface area contributed by atoms with Gasteiger partial charge in [-0.2, -0.15) is 0 Å². The molecular weight excluding hydrogens is 803 g/mol. The van der Waals surface area contributed by atoms with Crippen LogP contribution in [-0.4, -0.2) is 4.98 Å². The lowest BCUT2D eigenvalue weighted by molar-refractivity contribution is 0.795. The van der Waals surface area contributed by atoms with Crippen molar-refractivity contribution in [1.82, 2.24) is 4.98 Å². The first-order valence-electron chi connectivity index (χ1n) is 22.7. The van der Waals surface area contributed by atoms with E-state index in [9.17, 15) is 0 Å². The summed E-state index contributed by atoms with van der Waals surface area (Å²) in [7, 11) is 0. The van der Waals surface area contributed by atoms with Crippen molar-refractivity contribution in [3.63, 3.8) is 0 Å². The van der Waals surface area contributed by atoms with Crippen LogP contribution in [0.1, 0.15) is 33.4 Å². The van der Waals surface area contributed by atoms with Gasteiger partial charge < -0.3 is 0 Å². The molecule has 0 aliphatic heterocycles. The van der Waals surface area contributed by atoms with Crippen molar-refractivity contribution in [3.8, 4) is 66.9 Å². The molecule has 65 heavy (non-hydrogen) atoms. The lowest BCUT2D eigenvalue weighted by atomic mass is 9.70. The maximum absolute atomic E-state index is 5.73. The molecule has 2 heterocycles. The van der Waals surface area contributed by atoms with Gasteiger partial charge in [-0.15, -0.1) is 11.3 Å². The molecule has 0 saturated carbocycles. The zero-order valence-electron chi connectivity index (χ0n) is 35.3. The van der Waals surface area contributed by atoms with Crippen molar-refractivity contribution in [1.29, 1.82) is 0 Å². The van der Waals surface area contributed by atoms with Crippen molar-refractivity contribution >= 4 is 53.2 Å². The van der Waals surface area contributed by atoms with Crippen LogP contribution in [-0.2, 0) is 11.8 Å². The Morgan fingerprint density at radius 3 is 1.69 bits per heavy atom. The van der Waals surface area contributed by atoms with Gasteiger partial charge in [-0.05, 0) is 143 Å². The SMILES string of the molecule is c1ccc2c(c1)Cc1c(-c3cc(-c4nc5ccccc5c5cc6c(cc45)C4(c5ccccc5-c5ccccc54)c4ccccc4-6)cc(-c4cccc5c4sc4ccccc45)c3)cccc1-2. The molecule has 15 rings (SSSR count). The van der Waals surface area contributed by atoms with E-state index in [1.54, 1.807) is 0 Å². The number of hydrogen-bond acceptors (Lipinski definition) is 2. The van der Waals surface area contributed by atoms with Crippen LogP contribution >= 0.6 is 11.3 Å². The van der Waals surface area contributed by atoms with Gasteiger partial charge in [0.2, 0.25) is 0 Å². The van der Waals surface area contributed by atoms with Gasteiger partial charge in [-0.3, -0.25) is 0 Å². The van der Waals surface area contributed by atoms with Crippen LogP contribution in [0.25, 0.3) is 109 Å². The molecule has 0 bridgehead atoms. The number of aromatic nitrogens is 1. The number of benzene rings is 10. The summed E-state index contributed by atoms with van der Waals surface area (Å²) in [6.07, 6.45) is 0.919. The summed E-state index contributed by atoms with van der Waals surface area (Å²) in [5.74, 6) is 0. The van der Waals surface area contributed by atoms with Crippen molar-refractivity contribution in [2.45, 2.75) is 11.8 Å². The highest BCUT2D eigenvalue weighted by molar-refractivity contribution is 7.26. The van der Waals surface area contributed by atoms with Gasteiger partial charge in [0.25, 0.3) is 0 Å². The molecule has 1 nitrogen and oxygen atoms in total. The zero-order valence-corrected chi connectivity index (χ0v) is 36.1. The average molecular weight is 840 g/mol. The summed E-state index contributed by atoms with van der Waals surface area (Å²) < 4.78 is 2.63. The molecule has 2 aromatic heterocycles. The van der Waals surface area contributed by atoms with Gasteiger partial charge >= 0.3 is 0 Å². The number of fused-ring (bicyclic) bond motifs is 19. The molecule has 3 aliphatic rings. The average Bonchev–Trinajstić information content (AvgIpc) is 4.11. The van der Waals surface area contributed by atoms with Crippen molar-refractivity contribution in [2.75, 3.05) is 0 Å². The van der Waals surface area contributed by atoms with Gasteiger partial charge in [0.05, 0.1) is 16.6 Å². The smallest absolute Gasteiger partial charge is 0.0788 e. The summed E-state index contributed by atoms with van der Waals surface area (Å²) in [6, 6.07) is 79.9. The van der Waals surface area contributed by atoms with Crippen LogP contribution < -0.4 is 0 Å². The fourth-order valence-electron chi connectivity index (χ4n) is 12.2. The molecule has 3 aliphatic carbocycles. The minimum Gasteiger partial charge on any atom is -0.247 e. The van der Waals surface area contributed by atoms with E-state index in [1.165, 1.54) is 125 Å². The highest BCUT2D eigenvalue weighted by atomic mass is 32.1. The lowest BCUT2D eigenvalue weighted by Crippen LogP contribution is -2.25. The highest BCUT2D eigenvalue weighted by Crippen LogP contribution is 2.63. The fourth-order valence-corrected chi connectivity index (χ4v) is 13.5. The van der Waals surface area contributed by atoms with Crippen molar-refractivity contribution in [2.24, 2.45) is 0 Å². The first kappa shape index (κ1) is 35.5. The molecular formula is C63H37NS. The van der Waals surface area contributed by atoms with Gasteiger partial charge in [-0.1, -0.05) is 170 Å². The Morgan fingerprint density at radius 2 is 0.908 bits per heavy atom. The molecule has 0 saturated heterocycles. The van der Waals surface area contributed by atoms with E-state index in [0.717, 1.165) is 23.2 Å². The molecule has 0 fully saturated rings. The number of rotatable bonds is 3. The van der Waals surface area contributed by atoms with Crippen LogP contribution in [0.4, 0.5) is 0 Å².